The molecule has 8 heteroatoms. The lowest BCUT2D eigenvalue weighted by molar-refractivity contribution is 0.0666. The van der Waals surface area contributed by atoms with E-state index in [4.69, 9.17) is 5.73 Å². The SMILES string of the molecule is Cc1cccc(C)c1Nc1sc(C(=O)Nc2ccccc2)c(N)c1C(=O)N1CCN(C)CC1. The largest absolute Gasteiger partial charge is 0.397 e. The summed E-state index contributed by atoms with van der Waals surface area (Å²) in [6.45, 7) is 6.88. The predicted molar refractivity (Wildman–Crippen MR) is 136 cm³/mol. The molecule has 0 saturated carbocycles. The Balaban J connectivity index is 1.72. The van der Waals surface area contributed by atoms with Crippen molar-refractivity contribution in [2.75, 3.05) is 49.6 Å². The molecule has 0 bridgehead atoms. The fourth-order valence-corrected chi connectivity index (χ4v) is 4.93. The summed E-state index contributed by atoms with van der Waals surface area (Å²) in [5, 5.41) is 6.89. The van der Waals surface area contributed by atoms with Gasteiger partial charge >= 0.3 is 0 Å². The number of para-hydroxylation sites is 2. The molecule has 1 aromatic heterocycles. The second-order valence-corrected chi connectivity index (χ2v) is 9.38. The summed E-state index contributed by atoms with van der Waals surface area (Å²) in [4.78, 5) is 31.0. The number of anilines is 4. The Labute approximate surface area is 198 Å². The van der Waals surface area contributed by atoms with Gasteiger partial charge in [0.05, 0.1) is 11.3 Å². The zero-order chi connectivity index (χ0) is 23.5. The van der Waals surface area contributed by atoms with Crippen LogP contribution in [0.5, 0.6) is 0 Å². The molecule has 0 unspecified atom stereocenters. The Hall–Kier alpha value is -3.36. The number of nitrogens with zero attached hydrogens (tertiary/aromatic N) is 2. The van der Waals surface area contributed by atoms with Gasteiger partial charge in [0.25, 0.3) is 11.8 Å². The van der Waals surface area contributed by atoms with Gasteiger partial charge in [-0.05, 0) is 44.2 Å². The molecule has 2 amide bonds. The smallest absolute Gasteiger partial charge is 0.267 e. The van der Waals surface area contributed by atoms with E-state index >= 15 is 0 Å². The molecule has 1 saturated heterocycles. The third kappa shape index (κ3) is 4.86. The van der Waals surface area contributed by atoms with Crippen LogP contribution in [0.25, 0.3) is 0 Å². The molecule has 2 heterocycles. The van der Waals surface area contributed by atoms with Gasteiger partial charge in [-0.3, -0.25) is 9.59 Å². The number of hydrogen-bond acceptors (Lipinski definition) is 6. The van der Waals surface area contributed by atoms with Crippen molar-refractivity contribution in [2.24, 2.45) is 0 Å². The molecule has 2 aromatic carbocycles. The highest BCUT2D eigenvalue weighted by Gasteiger charge is 2.30. The quantitative estimate of drug-likeness (QED) is 0.524. The number of benzene rings is 2. The number of nitrogens with one attached hydrogen (secondary N) is 2. The first-order valence-corrected chi connectivity index (χ1v) is 11.8. The highest BCUT2D eigenvalue weighted by atomic mass is 32.1. The molecule has 0 radical (unpaired) electrons. The molecule has 1 fully saturated rings. The lowest BCUT2D eigenvalue weighted by Crippen LogP contribution is -2.47. The molecule has 4 rings (SSSR count). The lowest BCUT2D eigenvalue weighted by Gasteiger charge is -2.32. The summed E-state index contributed by atoms with van der Waals surface area (Å²) >= 11 is 1.21. The van der Waals surface area contributed by atoms with Crippen LogP contribution in [-0.2, 0) is 0 Å². The maximum absolute atomic E-state index is 13.6. The zero-order valence-corrected chi connectivity index (χ0v) is 20.0. The topological polar surface area (TPSA) is 90.7 Å². The third-order valence-electron chi connectivity index (χ3n) is 5.91. The van der Waals surface area contributed by atoms with Crippen LogP contribution in [0, 0.1) is 13.8 Å². The first-order chi connectivity index (χ1) is 15.8. The number of thiophene rings is 1. The molecule has 33 heavy (non-hydrogen) atoms. The number of carbonyl (C=O) groups is 2. The molecular formula is C25H29N5O2S. The van der Waals surface area contributed by atoms with Crippen molar-refractivity contribution in [1.82, 2.24) is 9.80 Å². The molecule has 3 aromatic rings. The summed E-state index contributed by atoms with van der Waals surface area (Å²) in [6.07, 6.45) is 0. The van der Waals surface area contributed by atoms with Gasteiger partial charge in [-0.1, -0.05) is 36.4 Å². The standard InChI is InChI=1S/C25H29N5O2S/c1-16-8-7-9-17(2)21(16)28-24-19(25(32)30-14-12-29(3)13-15-30)20(26)22(33-24)23(31)27-18-10-5-4-6-11-18/h4-11,28H,12-15,26H2,1-3H3,(H,27,31). The number of aryl methyl sites for hydroxylation is 2. The van der Waals surface area contributed by atoms with Gasteiger partial charge in [0, 0.05) is 37.6 Å². The summed E-state index contributed by atoms with van der Waals surface area (Å²) in [5.74, 6) is -0.477. The molecule has 1 aliphatic heterocycles. The van der Waals surface area contributed by atoms with Crippen molar-refractivity contribution in [3.05, 3.63) is 70.1 Å². The monoisotopic (exact) mass is 463 g/mol. The minimum atomic E-state index is -0.328. The number of piperazine rings is 1. The summed E-state index contributed by atoms with van der Waals surface area (Å²) in [7, 11) is 2.04. The number of carbonyl (C=O) groups excluding carboxylic acids is 2. The van der Waals surface area contributed by atoms with Gasteiger partial charge in [-0.15, -0.1) is 11.3 Å². The molecule has 7 nitrogen and oxygen atoms in total. The highest BCUT2D eigenvalue weighted by Crippen LogP contribution is 2.40. The average Bonchev–Trinajstić information content (AvgIpc) is 3.13. The lowest BCUT2D eigenvalue weighted by atomic mass is 10.1. The summed E-state index contributed by atoms with van der Waals surface area (Å²) < 4.78 is 0. The van der Waals surface area contributed by atoms with Gasteiger partial charge in [-0.25, -0.2) is 0 Å². The third-order valence-corrected chi connectivity index (χ3v) is 7.03. The molecule has 0 atom stereocenters. The van der Waals surface area contributed by atoms with E-state index in [9.17, 15) is 9.59 Å². The van der Waals surface area contributed by atoms with Crippen molar-refractivity contribution < 1.29 is 9.59 Å². The van der Waals surface area contributed by atoms with Crippen molar-refractivity contribution in [3.8, 4) is 0 Å². The van der Waals surface area contributed by atoms with Gasteiger partial charge < -0.3 is 26.2 Å². The summed E-state index contributed by atoms with van der Waals surface area (Å²) in [5.41, 5.74) is 10.7. The number of nitrogen functional groups attached to an aromatic ring is 1. The van der Waals surface area contributed by atoms with E-state index in [1.54, 1.807) is 0 Å². The summed E-state index contributed by atoms with van der Waals surface area (Å²) in [6, 6.07) is 15.2. The van der Waals surface area contributed by atoms with Crippen LogP contribution < -0.4 is 16.4 Å². The fraction of sp³-hybridized carbons (Fsp3) is 0.280. The van der Waals surface area contributed by atoms with Gasteiger partial charge in [0.15, 0.2) is 0 Å². The molecule has 4 N–H and O–H groups in total. The molecule has 172 valence electrons. The fourth-order valence-electron chi connectivity index (χ4n) is 3.92. The van der Waals surface area contributed by atoms with Crippen molar-refractivity contribution in [1.29, 1.82) is 0 Å². The maximum Gasteiger partial charge on any atom is 0.267 e. The number of rotatable bonds is 5. The Kier molecular flexibility index (Phi) is 6.67. The number of nitrogens with two attached hydrogens (primary N) is 1. The minimum Gasteiger partial charge on any atom is -0.397 e. The second-order valence-electron chi connectivity index (χ2n) is 8.36. The van der Waals surface area contributed by atoms with Crippen LogP contribution >= 0.6 is 11.3 Å². The van der Waals surface area contributed by atoms with E-state index in [0.29, 0.717) is 34.2 Å². The van der Waals surface area contributed by atoms with Gasteiger partial charge in [-0.2, -0.15) is 0 Å². The first-order valence-electron chi connectivity index (χ1n) is 10.9. The first kappa shape index (κ1) is 22.8. The van der Waals surface area contributed by atoms with Crippen molar-refractivity contribution in [2.45, 2.75) is 13.8 Å². The van der Waals surface area contributed by atoms with Crippen LogP contribution in [0.1, 0.15) is 31.2 Å². The minimum absolute atomic E-state index is 0.149. The van der Waals surface area contributed by atoms with E-state index < -0.39 is 0 Å². The van der Waals surface area contributed by atoms with Crippen LogP contribution in [0.3, 0.4) is 0 Å². The van der Waals surface area contributed by atoms with Gasteiger partial charge in [0.1, 0.15) is 9.88 Å². The van der Waals surface area contributed by atoms with Crippen molar-refractivity contribution >= 4 is 45.2 Å². The van der Waals surface area contributed by atoms with Crippen LogP contribution in [0.2, 0.25) is 0 Å². The van der Waals surface area contributed by atoms with Crippen LogP contribution in [0.4, 0.5) is 22.1 Å². The number of likely N-dealkylation sites (N-methyl/N-ethyl adjacent to an activating group) is 1. The van der Waals surface area contributed by atoms with E-state index in [-0.39, 0.29) is 17.5 Å². The van der Waals surface area contributed by atoms with E-state index in [2.05, 4.69) is 15.5 Å². The molecule has 1 aliphatic rings. The van der Waals surface area contributed by atoms with Crippen molar-refractivity contribution in [3.63, 3.8) is 0 Å². The Morgan fingerprint density at radius 3 is 2.21 bits per heavy atom. The normalized spacial score (nSPS) is 14.2. The predicted octanol–water partition coefficient (Wildman–Crippen LogP) is 4.33. The average molecular weight is 464 g/mol. The number of amides is 2. The Morgan fingerprint density at radius 2 is 1.58 bits per heavy atom. The number of hydrogen-bond donors (Lipinski definition) is 3. The molecule has 0 spiro atoms. The second kappa shape index (κ2) is 9.64. The Morgan fingerprint density at radius 1 is 0.939 bits per heavy atom. The van der Waals surface area contributed by atoms with Gasteiger partial charge in [0.2, 0.25) is 0 Å². The Bertz CT molecular complexity index is 1150. The highest BCUT2D eigenvalue weighted by molar-refractivity contribution is 7.19. The van der Waals surface area contributed by atoms with E-state index in [1.807, 2.05) is 74.3 Å². The van der Waals surface area contributed by atoms with Crippen LogP contribution in [-0.4, -0.2) is 54.8 Å². The molecule has 0 aliphatic carbocycles. The van der Waals surface area contributed by atoms with E-state index in [0.717, 1.165) is 29.9 Å². The van der Waals surface area contributed by atoms with E-state index in [1.165, 1.54) is 11.3 Å². The molecular weight excluding hydrogens is 434 g/mol. The zero-order valence-electron chi connectivity index (χ0n) is 19.1. The van der Waals surface area contributed by atoms with Crippen LogP contribution in [0.15, 0.2) is 48.5 Å². The maximum atomic E-state index is 13.6.